The van der Waals surface area contributed by atoms with Crippen molar-refractivity contribution >= 4 is 11.7 Å². The SMILES string of the molecule is O=C(NCCc1cn2ccccc2n1)N1CCC(CO)CC1. The molecule has 1 saturated heterocycles. The molecule has 0 spiro atoms. The Bertz CT molecular complexity index is 599. The molecule has 3 rings (SSSR count). The second-order valence-electron chi connectivity index (χ2n) is 5.79. The van der Waals surface area contributed by atoms with Gasteiger partial charge < -0.3 is 19.7 Å². The average Bonchev–Trinajstić information content (AvgIpc) is 2.97. The Labute approximate surface area is 129 Å². The normalized spacial score (nSPS) is 16.1. The molecule has 1 aliphatic heterocycles. The molecule has 2 amide bonds. The highest BCUT2D eigenvalue weighted by Crippen LogP contribution is 2.16. The number of urea groups is 1. The highest BCUT2D eigenvalue weighted by molar-refractivity contribution is 5.74. The standard InChI is InChI=1S/C16H22N4O2/c21-12-13-5-9-19(10-6-13)16(22)17-7-4-14-11-20-8-2-1-3-15(20)18-14/h1-3,8,11,13,21H,4-7,9-10,12H2,(H,17,22). The zero-order chi connectivity index (χ0) is 15.4. The number of carbonyl (C=O) groups is 1. The topological polar surface area (TPSA) is 69.9 Å². The maximum Gasteiger partial charge on any atom is 0.317 e. The minimum absolute atomic E-state index is 0.0137. The monoisotopic (exact) mass is 302 g/mol. The van der Waals surface area contributed by atoms with Crippen molar-refractivity contribution < 1.29 is 9.90 Å². The number of aromatic nitrogens is 2. The summed E-state index contributed by atoms with van der Waals surface area (Å²) in [6, 6.07) is 5.88. The van der Waals surface area contributed by atoms with Gasteiger partial charge in [0.05, 0.1) is 5.69 Å². The minimum atomic E-state index is -0.0137. The van der Waals surface area contributed by atoms with Crippen LogP contribution in [0.1, 0.15) is 18.5 Å². The van der Waals surface area contributed by atoms with E-state index in [4.69, 9.17) is 5.11 Å². The fourth-order valence-corrected chi connectivity index (χ4v) is 2.84. The first kappa shape index (κ1) is 14.8. The molecular weight excluding hydrogens is 280 g/mol. The first-order valence-electron chi connectivity index (χ1n) is 7.82. The second kappa shape index (κ2) is 6.79. The molecule has 1 aliphatic rings. The van der Waals surface area contributed by atoms with Gasteiger partial charge in [0.2, 0.25) is 0 Å². The van der Waals surface area contributed by atoms with Crippen LogP contribution in [0.4, 0.5) is 4.79 Å². The number of rotatable bonds is 4. The number of likely N-dealkylation sites (tertiary alicyclic amines) is 1. The number of hydrogen-bond donors (Lipinski definition) is 2. The van der Waals surface area contributed by atoms with E-state index in [1.165, 1.54) is 0 Å². The molecule has 0 aromatic carbocycles. The number of carbonyl (C=O) groups excluding carboxylic acids is 1. The third-order valence-electron chi connectivity index (χ3n) is 4.23. The number of fused-ring (bicyclic) bond motifs is 1. The zero-order valence-corrected chi connectivity index (χ0v) is 12.6. The van der Waals surface area contributed by atoms with Crippen molar-refractivity contribution in [3.8, 4) is 0 Å². The second-order valence-corrected chi connectivity index (χ2v) is 5.79. The van der Waals surface area contributed by atoms with Gasteiger partial charge in [0.1, 0.15) is 5.65 Å². The van der Waals surface area contributed by atoms with Crippen LogP contribution in [0.5, 0.6) is 0 Å². The number of aliphatic hydroxyl groups is 1. The van der Waals surface area contributed by atoms with Crippen molar-refractivity contribution in [1.29, 1.82) is 0 Å². The van der Waals surface area contributed by atoms with Crippen molar-refractivity contribution in [1.82, 2.24) is 19.6 Å². The van der Waals surface area contributed by atoms with Crippen LogP contribution in [0.2, 0.25) is 0 Å². The molecule has 0 radical (unpaired) electrons. The molecule has 0 aliphatic carbocycles. The Morgan fingerprint density at radius 2 is 2.18 bits per heavy atom. The summed E-state index contributed by atoms with van der Waals surface area (Å²) in [6.07, 6.45) is 6.46. The summed E-state index contributed by atoms with van der Waals surface area (Å²) < 4.78 is 1.98. The molecule has 0 unspecified atom stereocenters. The Morgan fingerprint density at radius 1 is 1.36 bits per heavy atom. The zero-order valence-electron chi connectivity index (χ0n) is 12.6. The lowest BCUT2D eigenvalue weighted by molar-refractivity contribution is 0.137. The van der Waals surface area contributed by atoms with Crippen LogP contribution in [0.15, 0.2) is 30.6 Å². The van der Waals surface area contributed by atoms with Crippen LogP contribution in [0.3, 0.4) is 0 Å². The van der Waals surface area contributed by atoms with Crippen molar-refractivity contribution in [2.75, 3.05) is 26.2 Å². The maximum absolute atomic E-state index is 12.1. The third-order valence-corrected chi connectivity index (χ3v) is 4.23. The largest absolute Gasteiger partial charge is 0.396 e. The van der Waals surface area contributed by atoms with Gasteiger partial charge in [-0.3, -0.25) is 0 Å². The van der Waals surface area contributed by atoms with Crippen molar-refractivity contribution in [2.45, 2.75) is 19.3 Å². The number of piperidine rings is 1. The summed E-state index contributed by atoms with van der Waals surface area (Å²) in [4.78, 5) is 18.4. The molecule has 22 heavy (non-hydrogen) atoms. The number of nitrogens with one attached hydrogen (secondary N) is 1. The highest BCUT2D eigenvalue weighted by atomic mass is 16.3. The van der Waals surface area contributed by atoms with E-state index in [1.54, 1.807) is 0 Å². The van der Waals surface area contributed by atoms with Gasteiger partial charge in [-0.1, -0.05) is 6.07 Å². The molecule has 0 atom stereocenters. The van der Waals surface area contributed by atoms with Gasteiger partial charge in [-0.15, -0.1) is 0 Å². The minimum Gasteiger partial charge on any atom is -0.396 e. The predicted molar refractivity (Wildman–Crippen MR) is 83.7 cm³/mol. The van der Waals surface area contributed by atoms with Crippen molar-refractivity contribution in [3.05, 3.63) is 36.3 Å². The van der Waals surface area contributed by atoms with E-state index in [2.05, 4.69) is 10.3 Å². The van der Waals surface area contributed by atoms with Crippen LogP contribution in [-0.2, 0) is 6.42 Å². The van der Waals surface area contributed by atoms with Crippen LogP contribution in [0.25, 0.3) is 5.65 Å². The van der Waals surface area contributed by atoms with E-state index in [0.29, 0.717) is 12.5 Å². The fourth-order valence-electron chi connectivity index (χ4n) is 2.84. The van der Waals surface area contributed by atoms with Gasteiger partial charge in [0.25, 0.3) is 0 Å². The average molecular weight is 302 g/mol. The van der Waals surface area contributed by atoms with Crippen LogP contribution in [-0.4, -0.2) is 51.7 Å². The van der Waals surface area contributed by atoms with E-state index >= 15 is 0 Å². The summed E-state index contributed by atoms with van der Waals surface area (Å²) in [5.74, 6) is 0.349. The molecule has 118 valence electrons. The van der Waals surface area contributed by atoms with Gasteiger partial charge in [0, 0.05) is 45.1 Å². The number of aliphatic hydroxyl groups excluding tert-OH is 1. The first-order chi connectivity index (χ1) is 10.8. The lowest BCUT2D eigenvalue weighted by Crippen LogP contribution is -2.45. The molecule has 3 heterocycles. The van der Waals surface area contributed by atoms with E-state index in [0.717, 1.165) is 43.7 Å². The quantitative estimate of drug-likeness (QED) is 0.894. The molecule has 0 saturated carbocycles. The van der Waals surface area contributed by atoms with Crippen molar-refractivity contribution in [3.63, 3.8) is 0 Å². The Kier molecular flexibility index (Phi) is 4.58. The fraction of sp³-hybridized carbons (Fsp3) is 0.500. The molecule has 0 bridgehead atoms. The Morgan fingerprint density at radius 3 is 2.91 bits per heavy atom. The summed E-state index contributed by atoms with van der Waals surface area (Å²) in [7, 11) is 0. The number of pyridine rings is 1. The van der Waals surface area contributed by atoms with E-state index in [-0.39, 0.29) is 12.6 Å². The number of imidazole rings is 1. The van der Waals surface area contributed by atoms with Gasteiger partial charge in [-0.25, -0.2) is 9.78 Å². The lowest BCUT2D eigenvalue weighted by atomic mass is 9.98. The Hall–Kier alpha value is -2.08. The van der Waals surface area contributed by atoms with Gasteiger partial charge in [-0.2, -0.15) is 0 Å². The van der Waals surface area contributed by atoms with Crippen LogP contribution < -0.4 is 5.32 Å². The summed E-state index contributed by atoms with van der Waals surface area (Å²) in [5.41, 5.74) is 1.90. The van der Waals surface area contributed by atoms with E-state index in [1.807, 2.05) is 39.9 Å². The van der Waals surface area contributed by atoms with E-state index < -0.39 is 0 Å². The molecule has 6 nitrogen and oxygen atoms in total. The molecule has 2 N–H and O–H groups in total. The summed E-state index contributed by atoms with van der Waals surface area (Å²) in [6.45, 7) is 2.27. The number of nitrogens with zero attached hydrogens (tertiary/aromatic N) is 3. The maximum atomic E-state index is 12.1. The molecule has 2 aromatic rings. The highest BCUT2D eigenvalue weighted by Gasteiger charge is 2.21. The van der Waals surface area contributed by atoms with Crippen molar-refractivity contribution in [2.24, 2.45) is 5.92 Å². The number of amides is 2. The smallest absolute Gasteiger partial charge is 0.317 e. The van der Waals surface area contributed by atoms with Gasteiger partial charge >= 0.3 is 6.03 Å². The number of hydrogen-bond acceptors (Lipinski definition) is 3. The van der Waals surface area contributed by atoms with Crippen LogP contribution >= 0.6 is 0 Å². The van der Waals surface area contributed by atoms with Crippen LogP contribution in [0, 0.1) is 5.92 Å². The summed E-state index contributed by atoms with van der Waals surface area (Å²) in [5, 5.41) is 12.1. The first-order valence-corrected chi connectivity index (χ1v) is 7.82. The van der Waals surface area contributed by atoms with Gasteiger partial charge in [-0.05, 0) is 30.9 Å². The third kappa shape index (κ3) is 3.39. The van der Waals surface area contributed by atoms with E-state index in [9.17, 15) is 4.79 Å². The molecule has 1 fully saturated rings. The summed E-state index contributed by atoms with van der Waals surface area (Å²) >= 11 is 0. The predicted octanol–water partition coefficient (Wildman–Crippen LogP) is 1.29. The van der Waals surface area contributed by atoms with Gasteiger partial charge in [0.15, 0.2) is 0 Å². The Balaban J connectivity index is 1.45. The molecule has 6 heteroatoms. The molecular formula is C16H22N4O2. The molecule has 2 aromatic heterocycles. The lowest BCUT2D eigenvalue weighted by Gasteiger charge is -2.31.